The number of rotatable bonds is 5. The van der Waals surface area contributed by atoms with Gasteiger partial charge in [-0.2, -0.15) is 0 Å². The van der Waals surface area contributed by atoms with Crippen LogP contribution in [0.25, 0.3) is 0 Å². The van der Waals surface area contributed by atoms with Gasteiger partial charge in [-0.1, -0.05) is 30.3 Å². The van der Waals surface area contributed by atoms with Crippen LogP contribution in [-0.4, -0.2) is 17.0 Å². The zero-order chi connectivity index (χ0) is 16.4. The number of hydrogen-bond acceptors (Lipinski definition) is 2. The molecule has 0 aromatic heterocycles. The molecule has 1 saturated heterocycles. The van der Waals surface area contributed by atoms with Crippen molar-refractivity contribution >= 4 is 5.91 Å². The molecule has 0 bridgehead atoms. The predicted molar refractivity (Wildman–Crippen MR) is 76.5 cm³/mol. The third kappa shape index (κ3) is 3.37. The average molecular weight is 321 g/mol. The Kier molecular flexibility index (Phi) is 4.34. The molecule has 120 valence electrons. The Labute approximate surface area is 131 Å². The maximum absolute atomic E-state index is 13.7. The summed E-state index contributed by atoms with van der Waals surface area (Å²) in [6, 6.07) is 10.2. The molecular weight excluding hydrogens is 307 g/mol. The van der Waals surface area contributed by atoms with Gasteiger partial charge in [0.05, 0.1) is 12.5 Å². The Bertz CT molecular complexity index is 721. The summed E-state index contributed by atoms with van der Waals surface area (Å²) >= 11 is 0. The van der Waals surface area contributed by atoms with Gasteiger partial charge in [-0.05, 0) is 23.6 Å². The van der Waals surface area contributed by atoms with E-state index in [2.05, 4.69) is 0 Å². The molecule has 0 spiro atoms. The highest BCUT2D eigenvalue weighted by molar-refractivity contribution is 5.82. The Morgan fingerprint density at radius 2 is 1.74 bits per heavy atom. The third-order valence-corrected chi connectivity index (χ3v) is 3.75. The summed E-state index contributed by atoms with van der Waals surface area (Å²) in [5.41, 5.74) is 0.916. The summed E-state index contributed by atoms with van der Waals surface area (Å²) in [4.78, 5) is 17.1. The minimum atomic E-state index is -1.23. The van der Waals surface area contributed by atoms with Gasteiger partial charge in [-0.25, -0.2) is 18.2 Å². The highest BCUT2D eigenvalue weighted by atomic mass is 19.2. The standard InChI is InChI=1S/C17H14F3NO2/c18-14-9-16(20)15(19)7-12(14)6-13-8-17(22)21(13)23-10-11-4-2-1-3-5-11/h1-5,7,9,13H,6,8,10H2. The molecule has 23 heavy (non-hydrogen) atoms. The number of carbonyl (C=O) groups is 1. The molecule has 1 heterocycles. The number of nitrogens with zero attached hydrogens (tertiary/aromatic N) is 1. The first-order valence-electron chi connectivity index (χ1n) is 7.17. The van der Waals surface area contributed by atoms with Crippen molar-refractivity contribution < 1.29 is 22.8 Å². The zero-order valence-electron chi connectivity index (χ0n) is 12.1. The van der Waals surface area contributed by atoms with Crippen molar-refractivity contribution in [2.24, 2.45) is 0 Å². The fourth-order valence-electron chi connectivity index (χ4n) is 2.49. The molecule has 1 atom stereocenters. The lowest BCUT2D eigenvalue weighted by molar-refractivity contribution is -0.232. The van der Waals surface area contributed by atoms with E-state index in [-0.39, 0.29) is 37.0 Å². The predicted octanol–water partition coefficient (Wildman–Crippen LogP) is 3.38. The minimum absolute atomic E-state index is 0.0229. The van der Waals surface area contributed by atoms with Gasteiger partial charge < -0.3 is 0 Å². The van der Waals surface area contributed by atoms with E-state index < -0.39 is 17.5 Å². The van der Waals surface area contributed by atoms with Crippen LogP contribution < -0.4 is 0 Å². The normalized spacial score (nSPS) is 17.3. The average Bonchev–Trinajstić information content (AvgIpc) is 2.53. The van der Waals surface area contributed by atoms with E-state index in [9.17, 15) is 18.0 Å². The summed E-state index contributed by atoms with van der Waals surface area (Å²) in [6.07, 6.45) is 0.261. The van der Waals surface area contributed by atoms with Gasteiger partial charge in [0.1, 0.15) is 12.4 Å². The van der Waals surface area contributed by atoms with E-state index in [1.165, 1.54) is 5.06 Å². The first-order valence-corrected chi connectivity index (χ1v) is 7.17. The molecule has 0 radical (unpaired) electrons. The van der Waals surface area contributed by atoms with Crippen molar-refractivity contribution in [3.05, 3.63) is 71.0 Å². The fourth-order valence-corrected chi connectivity index (χ4v) is 2.49. The molecule has 1 aliphatic rings. The van der Waals surface area contributed by atoms with Gasteiger partial charge in [-0.15, -0.1) is 0 Å². The van der Waals surface area contributed by atoms with Gasteiger partial charge in [0.2, 0.25) is 5.91 Å². The second kappa shape index (κ2) is 6.42. The van der Waals surface area contributed by atoms with Gasteiger partial charge in [0.15, 0.2) is 11.6 Å². The smallest absolute Gasteiger partial charge is 0.248 e. The number of β-lactam (4-membered cyclic amide) rings is 1. The first kappa shape index (κ1) is 15.6. The molecule has 2 aromatic carbocycles. The maximum atomic E-state index is 13.7. The number of carbonyl (C=O) groups excluding carboxylic acids is 1. The van der Waals surface area contributed by atoms with E-state index in [0.717, 1.165) is 11.6 Å². The van der Waals surface area contributed by atoms with Gasteiger partial charge in [-0.3, -0.25) is 9.63 Å². The topological polar surface area (TPSA) is 29.5 Å². The molecule has 6 heteroatoms. The van der Waals surface area contributed by atoms with E-state index in [1.54, 1.807) is 0 Å². The number of benzene rings is 2. The van der Waals surface area contributed by atoms with Crippen molar-refractivity contribution in [3.63, 3.8) is 0 Å². The first-order chi connectivity index (χ1) is 11.0. The number of halogens is 3. The fraction of sp³-hybridized carbons (Fsp3) is 0.235. The van der Waals surface area contributed by atoms with Crippen LogP contribution in [0.2, 0.25) is 0 Å². The summed E-state index contributed by atoms with van der Waals surface area (Å²) < 4.78 is 39.8. The van der Waals surface area contributed by atoms with E-state index in [1.807, 2.05) is 30.3 Å². The van der Waals surface area contributed by atoms with E-state index in [0.29, 0.717) is 6.07 Å². The summed E-state index contributed by atoms with van der Waals surface area (Å²) in [5.74, 6) is -3.38. The summed E-state index contributed by atoms with van der Waals surface area (Å²) in [7, 11) is 0. The van der Waals surface area contributed by atoms with Crippen molar-refractivity contribution in [3.8, 4) is 0 Å². The van der Waals surface area contributed by atoms with Crippen LogP contribution in [0, 0.1) is 17.5 Å². The van der Waals surface area contributed by atoms with Gasteiger partial charge >= 0.3 is 0 Å². The molecule has 1 aliphatic heterocycles. The molecule has 2 aromatic rings. The molecule has 0 aliphatic carbocycles. The number of amides is 1. The summed E-state index contributed by atoms with van der Waals surface area (Å²) in [5, 5.41) is 1.17. The highest BCUT2D eigenvalue weighted by Gasteiger charge is 2.38. The van der Waals surface area contributed by atoms with Crippen LogP contribution >= 0.6 is 0 Å². The Morgan fingerprint density at radius 3 is 2.43 bits per heavy atom. The zero-order valence-corrected chi connectivity index (χ0v) is 12.1. The van der Waals surface area contributed by atoms with Crippen molar-refractivity contribution in [1.29, 1.82) is 0 Å². The lowest BCUT2D eigenvalue weighted by atomic mass is 9.96. The molecule has 0 saturated carbocycles. The Hall–Kier alpha value is -2.34. The van der Waals surface area contributed by atoms with Crippen LogP contribution in [0.4, 0.5) is 13.2 Å². The SMILES string of the molecule is O=C1CC(Cc2cc(F)c(F)cc2F)N1OCc1ccccc1. The quantitative estimate of drug-likeness (QED) is 0.624. The largest absolute Gasteiger partial charge is 0.272 e. The van der Waals surface area contributed by atoms with Crippen molar-refractivity contribution in [2.75, 3.05) is 0 Å². The molecule has 1 amide bonds. The van der Waals surface area contributed by atoms with Crippen LogP contribution in [0.1, 0.15) is 17.5 Å². The van der Waals surface area contributed by atoms with Crippen molar-refractivity contribution in [2.45, 2.75) is 25.5 Å². The molecule has 0 N–H and O–H groups in total. The third-order valence-electron chi connectivity index (χ3n) is 3.75. The van der Waals surface area contributed by atoms with Gasteiger partial charge in [0, 0.05) is 6.07 Å². The van der Waals surface area contributed by atoms with Crippen LogP contribution in [0.15, 0.2) is 42.5 Å². The van der Waals surface area contributed by atoms with Gasteiger partial charge in [0.25, 0.3) is 0 Å². The van der Waals surface area contributed by atoms with Crippen LogP contribution in [0.5, 0.6) is 0 Å². The molecule has 3 nitrogen and oxygen atoms in total. The minimum Gasteiger partial charge on any atom is -0.272 e. The summed E-state index contributed by atoms with van der Waals surface area (Å²) in [6.45, 7) is 0.212. The Balaban J connectivity index is 1.64. The molecular formula is C17H14F3NO2. The van der Waals surface area contributed by atoms with E-state index >= 15 is 0 Å². The van der Waals surface area contributed by atoms with E-state index in [4.69, 9.17) is 4.84 Å². The number of hydroxylamine groups is 2. The molecule has 1 fully saturated rings. The maximum Gasteiger partial charge on any atom is 0.248 e. The lowest BCUT2D eigenvalue weighted by Gasteiger charge is -2.39. The van der Waals surface area contributed by atoms with Crippen molar-refractivity contribution in [1.82, 2.24) is 5.06 Å². The molecule has 1 unspecified atom stereocenters. The lowest BCUT2D eigenvalue weighted by Crippen LogP contribution is -2.53. The molecule has 3 rings (SSSR count). The highest BCUT2D eigenvalue weighted by Crippen LogP contribution is 2.26. The Morgan fingerprint density at radius 1 is 1.04 bits per heavy atom. The van der Waals surface area contributed by atoms with Crippen LogP contribution in [-0.2, 0) is 22.7 Å². The second-order valence-electron chi connectivity index (χ2n) is 5.40. The second-order valence-corrected chi connectivity index (χ2v) is 5.40. The monoisotopic (exact) mass is 321 g/mol. The van der Waals surface area contributed by atoms with Crippen LogP contribution in [0.3, 0.4) is 0 Å². The number of hydrogen-bond donors (Lipinski definition) is 0.